The van der Waals surface area contributed by atoms with E-state index in [4.69, 9.17) is 28.3 Å². The Morgan fingerprint density at radius 1 is 1.09 bits per heavy atom. The lowest BCUT2D eigenvalue weighted by atomic mass is 9.73. The van der Waals surface area contributed by atoms with Crippen LogP contribution in [0.2, 0.25) is 0 Å². The number of aliphatic imine (C=N–C) groups is 1. The molecule has 3 saturated heterocycles. The van der Waals surface area contributed by atoms with E-state index in [0.717, 1.165) is 5.56 Å². The molecule has 13 atom stereocenters. The zero-order chi connectivity index (χ0) is 42.5. The number of halogens is 1. The number of fused-ring (bicyclic) bond motifs is 5. The molecule has 58 heavy (non-hydrogen) atoms. The molecule has 3 aliphatic heterocycles. The third-order valence-electron chi connectivity index (χ3n) is 11.7. The number of alkyl halides is 1. The molecule has 0 aliphatic carbocycles. The zero-order valence-corrected chi connectivity index (χ0v) is 36.9. The van der Waals surface area contributed by atoms with Crippen LogP contribution in [-0.4, -0.2) is 121 Å². The summed E-state index contributed by atoms with van der Waals surface area (Å²) in [6.45, 7) is 12.0. The van der Waals surface area contributed by atoms with E-state index in [1.165, 1.54) is 13.8 Å². The number of aliphatic hydroxyl groups excluding tert-OH is 2. The maximum absolute atomic E-state index is 14.4. The third kappa shape index (κ3) is 10.9. The first-order valence-electron chi connectivity index (χ1n) is 19.9. The van der Waals surface area contributed by atoms with Crippen molar-refractivity contribution >= 4 is 51.7 Å². The summed E-state index contributed by atoms with van der Waals surface area (Å²) in [5, 5.41) is 31.8. The minimum atomic E-state index is -1.35. The monoisotopic (exact) mass is 923 g/mol. The lowest BCUT2D eigenvalue weighted by Gasteiger charge is -2.47. The number of rotatable bonds is 7. The standard InChI is InChI=1S/C41H58IN5O11/c1-21-17-41(7)37(56-40-36(51)31(47(8)9)16-22(2)55-40)24(4)34(49)25(5)39(52)57-38(42)35(50)30(23(3)33(21)45-26(6)48)13-12-29(19-53-41)46-54-20-28-11-10-27(18-43-28)32-14-15-44-58-32/h10-11,14-15,18,21-25,30-31,35-38,40,50-51H,12-13,16-17,19-20H2,1-9H3/b45-33+,46-29+/t21-,22-,23-,24+,25-,30-,31+,35+,36-,37-,38+,40+,41-/m1/s1. The molecule has 1 amide bonds. The highest BCUT2D eigenvalue weighted by Gasteiger charge is 2.51. The Morgan fingerprint density at radius 3 is 2.47 bits per heavy atom. The van der Waals surface area contributed by atoms with Gasteiger partial charge in [-0.2, -0.15) is 0 Å². The van der Waals surface area contributed by atoms with E-state index in [-0.39, 0.29) is 38.2 Å². The molecule has 0 aromatic carbocycles. The van der Waals surface area contributed by atoms with Gasteiger partial charge in [-0.25, -0.2) is 4.99 Å². The third-order valence-corrected chi connectivity index (χ3v) is 12.7. The molecule has 5 heterocycles. The summed E-state index contributed by atoms with van der Waals surface area (Å²) in [5.74, 6) is -4.83. The van der Waals surface area contributed by atoms with Crippen LogP contribution in [0.1, 0.15) is 79.8 Å². The summed E-state index contributed by atoms with van der Waals surface area (Å²) < 4.78 is 29.9. The molecule has 2 N–H and O–H groups in total. The largest absolute Gasteiger partial charge is 0.448 e. The number of Topliss-reactive ketones (excluding diaryl/α,β-unsaturated/α-hetero) is 1. The number of esters is 1. The molecule has 2 aromatic heterocycles. The molecular weight excluding hydrogens is 865 g/mol. The quantitative estimate of drug-likeness (QED) is 0.126. The van der Waals surface area contributed by atoms with Gasteiger partial charge >= 0.3 is 5.97 Å². The minimum Gasteiger partial charge on any atom is -0.448 e. The second-order valence-corrected chi connectivity index (χ2v) is 17.6. The van der Waals surface area contributed by atoms with Crippen LogP contribution < -0.4 is 0 Å². The number of carbonyl (C=O) groups is 3. The van der Waals surface area contributed by atoms with Crippen molar-refractivity contribution in [1.82, 2.24) is 15.0 Å². The first-order chi connectivity index (χ1) is 27.4. The number of nitrogens with zero attached hydrogens (tertiary/aromatic N) is 5. The van der Waals surface area contributed by atoms with Crippen LogP contribution in [0.5, 0.6) is 0 Å². The zero-order valence-electron chi connectivity index (χ0n) is 34.7. The number of hydrogen-bond acceptors (Lipinski definition) is 15. The van der Waals surface area contributed by atoms with Crippen LogP contribution >= 0.6 is 22.6 Å². The highest BCUT2D eigenvalue weighted by molar-refractivity contribution is 14.1. The number of cyclic esters (lactones) is 1. The maximum atomic E-state index is 14.4. The van der Waals surface area contributed by atoms with Crippen molar-refractivity contribution in [2.75, 3.05) is 20.7 Å². The van der Waals surface area contributed by atoms with Gasteiger partial charge in [0.2, 0.25) is 5.91 Å². The van der Waals surface area contributed by atoms with Crippen LogP contribution in [0.15, 0.2) is 45.3 Å². The van der Waals surface area contributed by atoms with Gasteiger partial charge in [0.05, 0.1) is 42.0 Å². The number of oxime groups is 1. The summed E-state index contributed by atoms with van der Waals surface area (Å²) in [7, 11) is 3.74. The summed E-state index contributed by atoms with van der Waals surface area (Å²) in [5.41, 5.74) is 1.03. The molecule has 0 unspecified atom stereocenters. The second kappa shape index (κ2) is 19.9. The van der Waals surface area contributed by atoms with Crippen molar-refractivity contribution in [3.05, 3.63) is 36.3 Å². The molecule has 2 bridgehead atoms. The molecule has 320 valence electrons. The molecule has 3 fully saturated rings. The first kappa shape index (κ1) is 45.9. The molecule has 16 nitrogen and oxygen atoms in total. The Morgan fingerprint density at radius 2 is 1.83 bits per heavy atom. The van der Waals surface area contributed by atoms with Crippen LogP contribution in [-0.2, 0) is 44.8 Å². The van der Waals surface area contributed by atoms with E-state index < -0.39 is 81.6 Å². The lowest BCUT2D eigenvalue weighted by molar-refractivity contribution is -0.296. The number of carbonyl (C=O) groups excluding carboxylic acids is 3. The molecule has 0 spiro atoms. The number of pyridine rings is 1. The van der Waals surface area contributed by atoms with Gasteiger partial charge in [-0.15, -0.1) is 0 Å². The van der Waals surface area contributed by atoms with Crippen molar-refractivity contribution in [2.24, 2.45) is 39.7 Å². The molecule has 2 aromatic rings. The van der Waals surface area contributed by atoms with Crippen molar-refractivity contribution in [2.45, 2.75) is 127 Å². The Balaban J connectivity index is 1.59. The van der Waals surface area contributed by atoms with E-state index in [1.807, 2.05) is 75.3 Å². The Hall–Kier alpha value is -3.20. The van der Waals surface area contributed by atoms with Crippen LogP contribution in [0.4, 0.5) is 0 Å². The highest BCUT2D eigenvalue weighted by Crippen LogP contribution is 2.40. The molecule has 5 rings (SSSR count). The predicted molar refractivity (Wildman–Crippen MR) is 221 cm³/mol. The summed E-state index contributed by atoms with van der Waals surface area (Å²) in [4.78, 5) is 57.5. The Bertz CT molecular complexity index is 1780. The number of aromatic nitrogens is 2. The van der Waals surface area contributed by atoms with Gasteiger partial charge in [0.1, 0.15) is 18.1 Å². The fraction of sp³-hybridized carbons (Fsp3) is 0.683. The summed E-state index contributed by atoms with van der Waals surface area (Å²) >= 11 is 1.88. The van der Waals surface area contributed by atoms with Gasteiger partial charge in [0.25, 0.3) is 0 Å². The van der Waals surface area contributed by atoms with Crippen molar-refractivity contribution < 1.29 is 52.9 Å². The second-order valence-electron chi connectivity index (χ2n) is 16.4. The average molecular weight is 924 g/mol. The lowest BCUT2D eigenvalue weighted by Crippen LogP contribution is -2.59. The van der Waals surface area contributed by atoms with Gasteiger partial charge in [0.15, 0.2) is 28.6 Å². The van der Waals surface area contributed by atoms with E-state index in [0.29, 0.717) is 35.7 Å². The van der Waals surface area contributed by atoms with Crippen molar-refractivity contribution in [3.63, 3.8) is 0 Å². The number of aliphatic hydroxyl groups is 2. The number of amides is 1. The Kier molecular flexibility index (Phi) is 15.7. The van der Waals surface area contributed by atoms with E-state index in [2.05, 4.69) is 20.3 Å². The Labute approximate surface area is 353 Å². The smallest absolute Gasteiger partial charge is 0.317 e. The van der Waals surface area contributed by atoms with Crippen LogP contribution in [0.25, 0.3) is 11.3 Å². The van der Waals surface area contributed by atoms with E-state index in [9.17, 15) is 24.6 Å². The topological polar surface area (TPSA) is 205 Å². The van der Waals surface area contributed by atoms with E-state index in [1.54, 1.807) is 31.5 Å². The fourth-order valence-electron chi connectivity index (χ4n) is 8.41. The average Bonchev–Trinajstić information content (AvgIpc) is 3.72. The van der Waals surface area contributed by atoms with Gasteiger partial charge in [-0.1, -0.05) is 31.1 Å². The maximum Gasteiger partial charge on any atom is 0.317 e. The molecule has 0 saturated carbocycles. The normalized spacial score (nSPS) is 37.2. The predicted octanol–water partition coefficient (Wildman–Crippen LogP) is 4.78. The van der Waals surface area contributed by atoms with Crippen LogP contribution in [0, 0.1) is 29.6 Å². The number of ketones is 1. The summed E-state index contributed by atoms with van der Waals surface area (Å²) in [6.07, 6.45) is -0.296. The fourth-order valence-corrected chi connectivity index (χ4v) is 9.19. The number of likely N-dealkylation sites (N-methyl/N-ethyl adjacent to an activating group) is 1. The number of ether oxygens (including phenoxy) is 4. The van der Waals surface area contributed by atoms with Crippen molar-refractivity contribution in [3.8, 4) is 11.3 Å². The highest BCUT2D eigenvalue weighted by atomic mass is 127. The molecule has 0 radical (unpaired) electrons. The van der Waals surface area contributed by atoms with Gasteiger partial charge in [0, 0.05) is 48.3 Å². The van der Waals surface area contributed by atoms with Gasteiger partial charge in [-0.05, 0) is 107 Å². The number of hydrogen-bond donors (Lipinski definition) is 2. The minimum absolute atomic E-state index is 0.0371. The first-order valence-corrected chi connectivity index (χ1v) is 21.1. The molecule has 3 aliphatic rings. The van der Waals surface area contributed by atoms with Gasteiger partial charge in [-0.3, -0.25) is 19.4 Å². The van der Waals surface area contributed by atoms with Crippen molar-refractivity contribution in [1.29, 1.82) is 0 Å². The SMILES string of the molecule is CC(=O)/N=C1\[C@H](C)C[C@@]2(C)OC/C(=N/OCc3ccc(-c4ccno4)cn3)CC[C@@H]([C@H](O)[C@@H](I)OC(=O)[C@H](C)C(=O)[C@H](C)[C@H]2O[C@@H]2O[C@H](C)C[C@H](N(C)C)[C@H]2O)[C@H]1C. The van der Waals surface area contributed by atoms with Gasteiger partial charge < -0.3 is 43.4 Å². The van der Waals surface area contributed by atoms with E-state index >= 15 is 0 Å². The summed E-state index contributed by atoms with van der Waals surface area (Å²) in [6, 6.07) is 5.06. The van der Waals surface area contributed by atoms with Crippen LogP contribution in [0.3, 0.4) is 0 Å². The molecular formula is C41H58IN5O11. The molecule has 17 heteroatoms.